The number of nitrogens with one attached hydrogen (secondary N) is 1. The van der Waals surface area contributed by atoms with Crippen molar-refractivity contribution in [3.05, 3.63) is 54.0 Å². The number of hydrogen-bond acceptors (Lipinski definition) is 5. The average Bonchev–Trinajstić information content (AvgIpc) is 2.97. The van der Waals surface area contributed by atoms with E-state index in [1.807, 2.05) is 0 Å². The van der Waals surface area contributed by atoms with E-state index < -0.39 is 11.9 Å². The van der Waals surface area contributed by atoms with Gasteiger partial charge in [0.2, 0.25) is 5.95 Å². The lowest BCUT2D eigenvalue weighted by Crippen LogP contribution is -2.13. The van der Waals surface area contributed by atoms with Crippen LogP contribution in [0.3, 0.4) is 0 Å². The van der Waals surface area contributed by atoms with E-state index in [-0.39, 0.29) is 23.5 Å². The number of hydrogen-bond donors (Lipinski definition) is 1. The van der Waals surface area contributed by atoms with Gasteiger partial charge < -0.3 is 14.6 Å². The van der Waals surface area contributed by atoms with Crippen LogP contribution in [0.15, 0.2) is 42.6 Å². The molecule has 0 saturated carbocycles. The minimum Gasteiger partial charge on any atom is -0.497 e. The van der Waals surface area contributed by atoms with Gasteiger partial charge in [-0.05, 0) is 30.3 Å². The Balaban J connectivity index is 1.90. The van der Waals surface area contributed by atoms with Gasteiger partial charge in [-0.15, -0.1) is 0 Å². The van der Waals surface area contributed by atoms with Crippen molar-refractivity contribution in [2.75, 3.05) is 12.4 Å². The first-order chi connectivity index (χ1) is 13.4. The molecule has 0 aliphatic rings. The Morgan fingerprint density at radius 1 is 1.14 bits per heavy atom. The predicted molar refractivity (Wildman–Crippen MR) is 99.1 cm³/mol. The van der Waals surface area contributed by atoms with E-state index in [0.29, 0.717) is 22.3 Å². The highest BCUT2D eigenvalue weighted by molar-refractivity contribution is 6.08. The molecule has 4 aromatic rings. The number of pyridine rings is 1. The van der Waals surface area contributed by atoms with Crippen LogP contribution in [0.5, 0.6) is 5.75 Å². The van der Waals surface area contributed by atoms with Gasteiger partial charge in [-0.1, -0.05) is 6.07 Å². The van der Waals surface area contributed by atoms with Crippen LogP contribution in [-0.2, 0) is 19.8 Å². The van der Waals surface area contributed by atoms with Gasteiger partial charge in [-0.25, -0.2) is 4.98 Å². The summed E-state index contributed by atoms with van der Waals surface area (Å²) < 4.78 is 48.2. The van der Waals surface area contributed by atoms with Crippen LogP contribution in [0.2, 0.25) is 0 Å². The highest BCUT2D eigenvalue weighted by Crippen LogP contribution is 2.39. The Morgan fingerprint density at radius 2 is 1.96 bits per heavy atom. The first kappa shape index (κ1) is 18.0. The molecule has 9 heteroatoms. The zero-order valence-electron chi connectivity index (χ0n) is 15.1. The van der Waals surface area contributed by atoms with Crippen LogP contribution in [0.25, 0.3) is 21.9 Å². The minimum atomic E-state index is -4.64. The van der Waals surface area contributed by atoms with Gasteiger partial charge in [0.15, 0.2) is 5.69 Å². The molecule has 4 rings (SSSR count). The zero-order valence-corrected chi connectivity index (χ0v) is 15.1. The van der Waals surface area contributed by atoms with Crippen molar-refractivity contribution >= 4 is 27.9 Å². The fourth-order valence-electron chi connectivity index (χ4n) is 3.15. The lowest BCUT2D eigenvalue weighted by molar-refractivity contribution is -0.139. The van der Waals surface area contributed by atoms with E-state index >= 15 is 0 Å². The van der Waals surface area contributed by atoms with Crippen molar-refractivity contribution in [3.63, 3.8) is 0 Å². The Kier molecular flexibility index (Phi) is 4.29. The SMILES string of the molecule is COc1ccc2c(c1)c1c(C(F)(F)F)nc(NCc3ccccn3)nc1n2C. The van der Waals surface area contributed by atoms with E-state index in [1.54, 1.807) is 54.2 Å². The van der Waals surface area contributed by atoms with Crippen LogP contribution in [0.4, 0.5) is 19.1 Å². The lowest BCUT2D eigenvalue weighted by Gasteiger charge is -2.11. The maximum absolute atomic E-state index is 13.8. The van der Waals surface area contributed by atoms with Gasteiger partial charge in [-0.3, -0.25) is 4.98 Å². The second kappa shape index (κ2) is 6.66. The molecule has 0 amide bonds. The van der Waals surface area contributed by atoms with E-state index in [1.165, 1.54) is 7.11 Å². The number of benzene rings is 1. The molecule has 3 heterocycles. The number of aromatic nitrogens is 4. The molecule has 0 spiro atoms. The molecule has 0 saturated heterocycles. The second-order valence-corrected chi connectivity index (χ2v) is 6.21. The first-order valence-electron chi connectivity index (χ1n) is 8.43. The summed E-state index contributed by atoms with van der Waals surface area (Å²) in [6.07, 6.45) is -3.03. The third-order valence-corrected chi connectivity index (χ3v) is 4.46. The minimum absolute atomic E-state index is 0.0488. The molecule has 0 radical (unpaired) electrons. The van der Waals surface area contributed by atoms with Crippen LogP contribution >= 0.6 is 0 Å². The number of halogens is 3. The number of anilines is 1. The quantitative estimate of drug-likeness (QED) is 0.570. The van der Waals surface area contributed by atoms with Crippen molar-refractivity contribution < 1.29 is 17.9 Å². The van der Waals surface area contributed by atoms with Gasteiger partial charge in [-0.2, -0.15) is 18.2 Å². The Labute approximate surface area is 158 Å². The highest BCUT2D eigenvalue weighted by atomic mass is 19.4. The van der Waals surface area contributed by atoms with Gasteiger partial charge in [0, 0.05) is 18.6 Å². The number of ether oxygens (including phenoxy) is 1. The summed E-state index contributed by atoms with van der Waals surface area (Å²) >= 11 is 0. The summed E-state index contributed by atoms with van der Waals surface area (Å²) in [5.41, 5.74) is 0.480. The summed E-state index contributed by atoms with van der Waals surface area (Å²) in [7, 11) is 3.14. The molecular formula is C19H16F3N5O. The molecule has 0 atom stereocenters. The molecule has 0 aliphatic carbocycles. The summed E-state index contributed by atoms with van der Waals surface area (Å²) in [6, 6.07) is 10.3. The number of fused-ring (bicyclic) bond motifs is 3. The Bertz CT molecular complexity index is 1160. The van der Waals surface area contributed by atoms with Crippen molar-refractivity contribution in [2.45, 2.75) is 12.7 Å². The molecule has 28 heavy (non-hydrogen) atoms. The number of alkyl halides is 3. The normalized spacial score (nSPS) is 11.9. The van der Waals surface area contributed by atoms with E-state index in [4.69, 9.17) is 4.74 Å². The molecular weight excluding hydrogens is 371 g/mol. The van der Waals surface area contributed by atoms with Crippen molar-refractivity contribution in [1.82, 2.24) is 19.5 Å². The summed E-state index contributed by atoms with van der Waals surface area (Å²) in [6.45, 7) is 0.210. The van der Waals surface area contributed by atoms with Crippen molar-refractivity contribution in [1.29, 1.82) is 0 Å². The first-order valence-corrected chi connectivity index (χ1v) is 8.43. The van der Waals surface area contributed by atoms with Crippen LogP contribution in [-0.4, -0.2) is 26.6 Å². The second-order valence-electron chi connectivity index (χ2n) is 6.21. The largest absolute Gasteiger partial charge is 0.497 e. The van der Waals surface area contributed by atoms with Crippen LogP contribution in [0.1, 0.15) is 11.4 Å². The van der Waals surface area contributed by atoms with E-state index in [0.717, 1.165) is 0 Å². The van der Waals surface area contributed by atoms with Gasteiger partial charge in [0.25, 0.3) is 0 Å². The molecule has 0 fully saturated rings. The summed E-state index contributed by atoms with van der Waals surface area (Å²) in [5.74, 6) is 0.355. The predicted octanol–water partition coefficient (Wildman–Crippen LogP) is 4.16. The standard InChI is InChI=1S/C19H16F3N5O/c1-27-14-7-6-12(28-2)9-13(14)15-16(19(20,21)22)25-18(26-17(15)27)24-10-11-5-3-4-8-23-11/h3-9H,10H2,1-2H3,(H,24,25,26). The highest BCUT2D eigenvalue weighted by Gasteiger charge is 2.37. The molecule has 144 valence electrons. The molecule has 0 aliphatic heterocycles. The Hall–Kier alpha value is -3.36. The molecule has 0 bridgehead atoms. The Morgan fingerprint density at radius 3 is 2.64 bits per heavy atom. The number of nitrogens with zero attached hydrogens (tertiary/aromatic N) is 4. The fourth-order valence-corrected chi connectivity index (χ4v) is 3.15. The fraction of sp³-hybridized carbons (Fsp3) is 0.211. The van der Waals surface area contributed by atoms with Crippen LogP contribution in [0, 0.1) is 0 Å². The van der Waals surface area contributed by atoms with Crippen LogP contribution < -0.4 is 10.1 Å². The lowest BCUT2D eigenvalue weighted by atomic mass is 10.1. The average molecular weight is 387 g/mol. The van der Waals surface area contributed by atoms with Crippen molar-refractivity contribution in [3.8, 4) is 5.75 Å². The molecule has 6 nitrogen and oxygen atoms in total. The maximum Gasteiger partial charge on any atom is 0.434 e. The number of aryl methyl sites for hydroxylation is 1. The van der Waals surface area contributed by atoms with E-state index in [2.05, 4.69) is 20.3 Å². The third kappa shape index (κ3) is 3.08. The summed E-state index contributed by atoms with van der Waals surface area (Å²) in [5, 5.41) is 3.18. The monoisotopic (exact) mass is 387 g/mol. The van der Waals surface area contributed by atoms with Crippen molar-refractivity contribution in [2.24, 2.45) is 7.05 Å². The van der Waals surface area contributed by atoms with Gasteiger partial charge in [0.1, 0.15) is 11.4 Å². The molecule has 0 unspecified atom stereocenters. The molecule has 3 aromatic heterocycles. The maximum atomic E-state index is 13.8. The zero-order chi connectivity index (χ0) is 19.9. The number of rotatable bonds is 4. The molecule has 1 N–H and O–H groups in total. The van der Waals surface area contributed by atoms with Gasteiger partial charge >= 0.3 is 6.18 Å². The topological polar surface area (TPSA) is 64.9 Å². The summed E-state index contributed by atoms with van der Waals surface area (Å²) in [4.78, 5) is 12.2. The molecule has 1 aromatic carbocycles. The smallest absolute Gasteiger partial charge is 0.434 e. The number of methoxy groups -OCH3 is 1. The third-order valence-electron chi connectivity index (χ3n) is 4.46. The van der Waals surface area contributed by atoms with E-state index in [9.17, 15) is 13.2 Å². The van der Waals surface area contributed by atoms with Gasteiger partial charge in [0.05, 0.1) is 30.3 Å².